The maximum Gasteiger partial charge on any atom is 0.337 e. The lowest BCUT2D eigenvalue weighted by atomic mass is 10.0. The van der Waals surface area contributed by atoms with Crippen molar-refractivity contribution in [2.45, 2.75) is 45.6 Å². The molecule has 2 amide bonds. The molecule has 0 radical (unpaired) electrons. The first-order chi connectivity index (χ1) is 19.3. The first kappa shape index (κ1) is 28.8. The molecule has 0 saturated carbocycles. The van der Waals surface area contributed by atoms with E-state index in [2.05, 4.69) is 41.3 Å². The van der Waals surface area contributed by atoms with Gasteiger partial charge in [-0.2, -0.15) is 0 Å². The fraction of sp³-hybridized carbons (Fsp3) is 0.323. The lowest BCUT2D eigenvalue weighted by Gasteiger charge is -2.39. The van der Waals surface area contributed by atoms with Crippen molar-refractivity contribution in [3.05, 3.63) is 89.5 Å². The van der Waals surface area contributed by atoms with Gasteiger partial charge in [0.15, 0.2) is 6.23 Å². The molecule has 3 aromatic carbocycles. The van der Waals surface area contributed by atoms with Crippen LogP contribution in [0.2, 0.25) is 0 Å². The highest BCUT2D eigenvalue weighted by Gasteiger charge is 2.28. The predicted molar refractivity (Wildman–Crippen MR) is 151 cm³/mol. The Morgan fingerprint density at radius 3 is 1.73 bits per heavy atom. The Bertz CT molecular complexity index is 1300. The number of esters is 1. The Labute approximate surface area is 234 Å². The van der Waals surface area contributed by atoms with Gasteiger partial charge in [-0.05, 0) is 79.9 Å². The largest absolute Gasteiger partial charge is 0.475 e. The van der Waals surface area contributed by atoms with Gasteiger partial charge in [-0.1, -0.05) is 31.2 Å². The number of carbonyl (C=O) groups excluding carboxylic acids is 3. The molecule has 0 aliphatic carbocycles. The Kier molecular flexibility index (Phi) is 9.52. The number of amides is 2. The van der Waals surface area contributed by atoms with Crippen molar-refractivity contribution >= 4 is 17.8 Å². The highest BCUT2D eigenvalue weighted by molar-refractivity contribution is 6.00. The molecule has 210 valence electrons. The summed E-state index contributed by atoms with van der Waals surface area (Å²) in [7, 11) is 1.28. The second kappa shape index (κ2) is 13.2. The van der Waals surface area contributed by atoms with Gasteiger partial charge in [0, 0.05) is 24.2 Å². The van der Waals surface area contributed by atoms with Crippen LogP contribution in [0, 0.1) is 0 Å². The van der Waals surface area contributed by atoms with Crippen LogP contribution in [-0.2, 0) is 9.47 Å². The second-order valence-electron chi connectivity index (χ2n) is 9.77. The van der Waals surface area contributed by atoms with E-state index in [1.54, 1.807) is 12.1 Å². The summed E-state index contributed by atoms with van der Waals surface area (Å²) in [5.41, 5.74) is 7.73. The zero-order valence-electron chi connectivity index (χ0n) is 23.2. The van der Waals surface area contributed by atoms with Gasteiger partial charge < -0.3 is 14.2 Å². The summed E-state index contributed by atoms with van der Waals surface area (Å²) in [4.78, 5) is 38.7. The quantitative estimate of drug-likeness (QED) is 0.318. The molecule has 2 N–H and O–H groups in total. The number of ether oxygens (including phenoxy) is 3. The number of benzene rings is 3. The zero-order chi connectivity index (χ0) is 28.6. The number of nitrogens with one attached hydrogen (secondary N) is 2. The highest BCUT2D eigenvalue weighted by Crippen LogP contribution is 2.25. The van der Waals surface area contributed by atoms with Gasteiger partial charge in [0.2, 0.25) is 0 Å². The zero-order valence-corrected chi connectivity index (χ0v) is 23.2. The third-order valence-electron chi connectivity index (χ3n) is 6.67. The van der Waals surface area contributed by atoms with Crippen molar-refractivity contribution in [2.75, 3.05) is 20.2 Å². The van der Waals surface area contributed by atoms with E-state index in [4.69, 9.17) is 9.47 Å². The topological polar surface area (TPSA) is 106 Å². The summed E-state index contributed by atoms with van der Waals surface area (Å²) < 4.78 is 16.8. The van der Waals surface area contributed by atoms with Crippen LogP contribution in [-0.4, -0.2) is 61.3 Å². The van der Waals surface area contributed by atoms with Crippen LogP contribution in [0.25, 0.3) is 11.1 Å². The standard InChI is InChI=1S/C31H35N3O6/c1-5-28(34-18-20(2)39-21(3)19-34)40-27-16-14-23(15-17-27)22-6-8-24(9-7-22)29(35)32-33-30(36)25-10-12-26(13-11-25)31(37)38-4/h6-17,20-21,28H,5,18-19H2,1-4H3,(H,32,35)(H,33,36). The minimum atomic E-state index is -0.508. The smallest absolute Gasteiger partial charge is 0.337 e. The second-order valence-corrected chi connectivity index (χ2v) is 9.77. The van der Waals surface area contributed by atoms with Crippen LogP contribution in [0.3, 0.4) is 0 Å². The SMILES string of the molecule is CCC(Oc1ccc(-c2ccc(C(=O)NNC(=O)c3ccc(C(=O)OC)cc3)cc2)cc1)N1CC(C)OC(C)C1. The highest BCUT2D eigenvalue weighted by atomic mass is 16.5. The minimum Gasteiger partial charge on any atom is -0.475 e. The lowest BCUT2D eigenvalue weighted by Crippen LogP contribution is -2.51. The number of carbonyl (C=O) groups is 3. The van der Waals surface area contributed by atoms with Crippen LogP contribution < -0.4 is 15.6 Å². The van der Waals surface area contributed by atoms with E-state index >= 15 is 0 Å². The molecule has 40 heavy (non-hydrogen) atoms. The molecule has 1 aliphatic heterocycles. The van der Waals surface area contributed by atoms with Crippen LogP contribution in [0.15, 0.2) is 72.8 Å². The molecule has 0 spiro atoms. The third-order valence-corrected chi connectivity index (χ3v) is 6.67. The lowest BCUT2D eigenvalue weighted by molar-refractivity contribution is -0.113. The number of hydrogen-bond donors (Lipinski definition) is 2. The summed E-state index contributed by atoms with van der Waals surface area (Å²) in [6.07, 6.45) is 1.21. The van der Waals surface area contributed by atoms with E-state index in [1.807, 2.05) is 36.4 Å². The fourth-order valence-electron chi connectivity index (χ4n) is 4.70. The van der Waals surface area contributed by atoms with Crippen molar-refractivity contribution in [1.82, 2.24) is 15.8 Å². The van der Waals surface area contributed by atoms with Gasteiger partial charge in [-0.3, -0.25) is 25.3 Å². The molecule has 3 unspecified atom stereocenters. The van der Waals surface area contributed by atoms with Crippen molar-refractivity contribution in [1.29, 1.82) is 0 Å². The van der Waals surface area contributed by atoms with Gasteiger partial charge in [-0.25, -0.2) is 4.79 Å². The Balaban J connectivity index is 1.31. The summed E-state index contributed by atoms with van der Waals surface area (Å²) >= 11 is 0. The number of rotatable bonds is 8. The van der Waals surface area contributed by atoms with Gasteiger partial charge in [-0.15, -0.1) is 0 Å². The van der Waals surface area contributed by atoms with Crippen molar-refractivity contribution in [3.63, 3.8) is 0 Å². The van der Waals surface area contributed by atoms with Gasteiger partial charge >= 0.3 is 5.97 Å². The van der Waals surface area contributed by atoms with Crippen LogP contribution in [0.5, 0.6) is 5.75 Å². The molecule has 1 heterocycles. The van der Waals surface area contributed by atoms with E-state index in [-0.39, 0.29) is 24.0 Å². The molecule has 1 aliphatic rings. The number of hydrogen-bond acceptors (Lipinski definition) is 7. The Morgan fingerprint density at radius 2 is 1.25 bits per heavy atom. The minimum absolute atomic E-state index is 0.0165. The van der Waals surface area contributed by atoms with Gasteiger partial charge in [0.05, 0.1) is 24.9 Å². The van der Waals surface area contributed by atoms with Crippen molar-refractivity contribution in [2.24, 2.45) is 0 Å². The average molecular weight is 546 g/mol. The molecule has 1 saturated heterocycles. The first-order valence-corrected chi connectivity index (χ1v) is 13.3. The molecule has 3 atom stereocenters. The van der Waals surface area contributed by atoms with Crippen LogP contribution >= 0.6 is 0 Å². The molecule has 0 bridgehead atoms. The number of hydrazine groups is 1. The monoisotopic (exact) mass is 545 g/mol. The van der Waals surface area contributed by atoms with Gasteiger partial charge in [0.25, 0.3) is 11.8 Å². The molecule has 1 fully saturated rings. The number of morpholine rings is 1. The first-order valence-electron chi connectivity index (χ1n) is 13.3. The Morgan fingerprint density at radius 1 is 0.800 bits per heavy atom. The maximum atomic E-state index is 12.5. The Hall–Kier alpha value is -4.21. The molecular weight excluding hydrogens is 510 g/mol. The average Bonchev–Trinajstić information content (AvgIpc) is 2.98. The van der Waals surface area contributed by atoms with Crippen molar-refractivity contribution in [3.8, 4) is 16.9 Å². The molecule has 9 heteroatoms. The van der Waals surface area contributed by atoms with E-state index in [1.165, 1.54) is 31.4 Å². The summed E-state index contributed by atoms with van der Waals surface area (Å²) in [5.74, 6) is -0.654. The molecule has 4 rings (SSSR count). The summed E-state index contributed by atoms with van der Waals surface area (Å²) in [6.45, 7) is 7.98. The maximum absolute atomic E-state index is 12.5. The van der Waals surface area contributed by atoms with E-state index < -0.39 is 17.8 Å². The van der Waals surface area contributed by atoms with E-state index in [0.717, 1.165) is 36.4 Å². The van der Waals surface area contributed by atoms with Crippen LogP contribution in [0.1, 0.15) is 58.3 Å². The number of nitrogens with zero attached hydrogens (tertiary/aromatic N) is 1. The van der Waals surface area contributed by atoms with E-state index in [0.29, 0.717) is 11.1 Å². The molecule has 3 aromatic rings. The van der Waals surface area contributed by atoms with Crippen LogP contribution in [0.4, 0.5) is 0 Å². The third kappa shape index (κ3) is 7.25. The molecule has 9 nitrogen and oxygen atoms in total. The number of methoxy groups -OCH3 is 1. The predicted octanol–water partition coefficient (Wildman–Crippen LogP) is 4.44. The normalized spacial score (nSPS) is 17.9. The van der Waals surface area contributed by atoms with Gasteiger partial charge in [0.1, 0.15) is 5.75 Å². The van der Waals surface area contributed by atoms with E-state index in [9.17, 15) is 14.4 Å². The summed E-state index contributed by atoms with van der Waals surface area (Å²) in [5, 5.41) is 0. The molecule has 0 aromatic heterocycles. The van der Waals surface area contributed by atoms with Crippen molar-refractivity contribution < 1.29 is 28.6 Å². The molecular formula is C31H35N3O6. The fourth-order valence-corrected chi connectivity index (χ4v) is 4.70. The summed E-state index contributed by atoms with van der Waals surface area (Å²) in [6, 6.07) is 20.9.